The van der Waals surface area contributed by atoms with Crippen LogP contribution in [0.15, 0.2) is 47.4 Å². The van der Waals surface area contributed by atoms with Crippen molar-refractivity contribution in [1.82, 2.24) is 4.72 Å². The standard InChI is InChI=1S/C21H22N2O6S/c1-13(11-19(24)14-3-6-16(29-2)7-4-14)21(26)23-30(27,28)17-8-9-18-15(12-17)5-10-20(25)22-18/h3-4,6-9,12-13H,5,10-11H2,1-2H3,(H,22,25)(H,23,26)/t13-/m0/s1. The Morgan fingerprint density at radius 3 is 2.50 bits per heavy atom. The fourth-order valence-electron chi connectivity index (χ4n) is 3.08. The molecule has 9 heteroatoms. The summed E-state index contributed by atoms with van der Waals surface area (Å²) in [5.74, 6) is -1.40. The van der Waals surface area contributed by atoms with Crippen LogP contribution in [0.5, 0.6) is 5.75 Å². The first kappa shape index (κ1) is 21.5. The molecule has 0 fully saturated rings. The number of anilines is 1. The molecule has 0 radical (unpaired) electrons. The highest BCUT2D eigenvalue weighted by Gasteiger charge is 2.25. The van der Waals surface area contributed by atoms with E-state index < -0.39 is 21.8 Å². The third-order valence-corrected chi connectivity index (χ3v) is 6.21. The Bertz CT molecular complexity index is 1090. The lowest BCUT2D eigenvalue weighted by atomic mass is 9.99. The molecule has 0 unspecified atom stereocenters. The van der Waals surface area contributed by atoms with Gasteiger partial charge < -0.3 is 10.1 Å². The largest absolute Gasteiger partial charge is 0.497 e. The first-order valence-electron chi connectivity index (χ1n) is 9.36. The number of hydrogen-bond donors (Lipinski definition) is 2. The number of fused-ring (bicyclic) bond motifs is 1. The molecule has 30 heavy (non-hydrogen) atoms. The third kappa shape index (κ3) is 4.85. The highest BCUT2D eigenvalue weighted by Crippen LogP contribution is 2.25. The summed E-state index contributed by atoms with van der Waals surface area (Å²) in [5, 5.41) is 2.68. The average Bonchev–Trinajstić information content (AvgIpc) is 2.72. The Labute approximate surface area is 174 Å². The van der Waals surface area contributed by atoms with Gasteiger partial charge in [-0.3, -0.25) is 14.4 Å². The van der Waals surface area contributed by atoms with Crippen molar-refractivity contribution in [2.24, 2.45) is 5.92 Å². The van der Waals surface area contributed by atoms with Crippen molar-refractivity contribution in [3.8, 4) is 5.75 Å². The zero-order chi connectivity index (χ0) is 21.9. The monoisotopic (exact) mass is 430 g/mol. The molecule has 0 saturated heterocycles. The molecule has 0 aliphatic carbocycles. The minimum absolute atomic E-state index is 0.0700. The van der Waals surface area contributed by atoms with Crippen LogP contribution < -0.4 is 14.8 Å². The minimum Gasteiger partial charge on any atom is -0.497 e. The number of Topliss-reactive ketones (excluding diaryl/α,β-unsaturated/α-hetero) is 1. The molecule has 1 aliphatic rings. The number of nitrogens with one attached hydrogen (secondary N) is 2. The van der Waals surface area contributed by atoms with E-state index in [9.17, 15) is 22.8 Å². The SMILES string of the molecule is COc1ccc(C(=O)C[C@H](C)C(=O)NS(=O)(=O)c2ccc3c(c2)CCC(=O)N3)cc1. The molecule has 3 rings (SSSR count). The molecular weight excluding hydrogens is 408 g/mol. The maximum atomic E-state index is 12.6. The van der Waals surface area contributed by atoms with Crippen LogP contribution in [-0.4, -0.2) is 33.1 Å². The normalized spacial score (nSPS) is 14.3. The fraction of sp³-hybridized carbons (Fsp3) is 0.286. The highest BCUT2D eigenvalue weighted by molar-refractivity contribution is 7.90. The average molecular weight is 430 g/mol. The molecule has 8 nitrogen and oxygen atoms in total. The summed E-state index contributed by atoms with van der Waals surface area (Å²) in [6.45, 7) is 1.49. The van der Waals surface area contributed by atoms with E-state index in [1.807, 2.05) is 4.72 Å². The maximum Gasteiger partial charge on any atom is 0.264 e. The molecule has 1 heterocycles. The van der Waals surface area contributed by atoms with Crippen LogP contribution >= 0.6 is 0 Å². The van der Waals surface area contributed by atoms with Gasteiger partial charge in [0.2, 0.25) is 11.8 Å². The van der Waals surface area contributed by atoms with Gasteiger partial charge in [0.15, 0.2) is 5.78 Å². The van der Waals surface area contributed by atoms with Crippen LogP contribution in [0, 0.1) is 5.92 Å². The maximum absolute atomic E-state index is 12.6. The predicted octanol–water partition coefficient (Wildman–Crippen LogP) is 2.29. The predicted molar refractivity (Wildman–Crippen MR) is 110 cm³/mol. The van der Waals surface area contributed by atoms with E-state index in [-0.39, 0.29) is 29.4 Å². The van der Waals surface area contributed by atoms with Crippen molar-refractivity contribution in [3.63, 3.8) is 0 Å². The van der Waals surface area contributed by atoms with Crippen molar-refractivity contribution < 1.29 is 27.5 Å². The van der Waals surface area contributed by atoms with Crippen LogP contribution in [0.4, 0.5) is 5.69 Å². The number of rotatable bonds is 7. The number of methoxy groups -OCH3 is 1. The van der Waals surface area contributed by atoms with E-state index in [1.165, 1.54) is 32.2 Å². The van der Waals surface area contributed by atoms with Crippen molar-refractivity contribution in [2.45, 2.75) is 31.1 Å². The van der Waals surface area contributed by atoms with Crippen LogP contribution in [0.25, 0.3) is 0 Å². The summed E-state index contributed by atoms with van der Waals surface area (Å²) < 4.78 is 32.3. The number of benzene rings is 2. The highest BCUT2D eigenvalue weighted by atomic mass is 32.2. The van der Waals surface area contributed by atoms with Crippen LogP contribution in [0.2, 0.25) is 0 Å². The molecule has 1 atom stereocenters. The summed E-state index contributed by atoms with van der Waals surface area (Å²) in [7, 11) is -2.58. The Morgan fingerprint density at radius 2 is 1.83 bits per heavy atom. The summed E-state index contributed by atoms with van der Waals surface area (Å²) in [5.41, 5.74) is 1.66. The first-order chi connectivity index (χ1) is 14.2. The van der Waals surface area contributed by atoms with Gasteiger partial charge in [-0.1, -0.05) is 6.92 Å². The number of amides is 2. The molecule has 2 amide bonds. The second-order valence-corrected chi connectivity index (χ2v) is 8.78. The molecule has 0 aromatic heterocycles. The van der Waals surface area contributed by atoms with Crippen molar-refractivity contribution in [3.05, 3.63) is 53.6 Å². The Kier molecular flexibility index (Phi) is 6.21. The van der Waals surface area contributed by atoms with Gasteiger partial charge in [-0.15, -0.1) is 0 Å². The number of carbonyl (C=O) groups excluding carboxylic acids is 3. The molecule has 0 spiro atoms. The summed E-state index contributed by atoms with van der Waals surface area (Å²) >= 11 is 0. The van der Waals surface area contributed by atoms with Gasteiger partial charge >= 0.3 is 0 Å². The van der Waals surface area contributed by atoms with E-state index in [0.29, 0.717) is 29.0 Å². The smallest absolute Gasteiger partial charge is 0.264 e. The van der Waals surface area contributed by atoms with Crippen molar-refractivity contribution in [1.29, 1.82) is 0 Å². The quantitative estimate of drug-likeness (QED) is 0.651. The lowest BCUT2D eigenvalue weighted by Crippen LogP contribution is -2.35. The molecule has 1 aliphatic heterocycles. The third-order valence-electron chi connectivity index (χ3n) is 4.87. The fourth-order valence-corrected chi connectivity index (χ4v) is 4.21. The topological polar surface area (TPSA) is 119 Å². The van der Waals surface area contributed by atoms with Crippen molar-refractivity contribution >= 4 is 33.3 Å². The molecular formula is C21H22N2O6S. The van der Waals surface area contributed by atoms with E-state index in [2.05, 4.69) is 5.32 Å². The summed E-state index contributed by atoms with van der Waals surface area (Å²) in [4.78, 5) is 36.1. The van der Waals surface area contributed by atoms with Gasteiger partial charge in [-0.2, -0.15) is 0 Å². The molecule has 2 aromatic rings. The molecule has 158 valence electrons. The number of ether oxygens (including phenoxy) is 1. The number of sulfonamides is 1. The lowest BCUT2D eigenvalue weighted by molar-refractivity contribution is -0.122. The Balaban J connectivity index is 1.66. The van der Waals surface area contributed by atoms with E-state index in [0.717, 1.165) is 0 Å². The molecule has 0 saturated carbocycles. The summed E-state index contributed by atoms with van der Waals surface area (Å²) in [6, 6.07) is 10.7. The summed E-state index contributed by atoms with van der Waals surface area (Å²) in [6.07, 6.45) is 0.558. The van der Waals surface area contributed by atoms with Crippen LogP contribution in [0.1, 0.15) is 35.7 Å². The van der Waals surface area contributed by atoms with Gasteiger partial charge in [-0.25, -0.2) is 13.1 Å². The minimum atomic E-state index is -4.10. The number of ketones is 1. The number of aryl methyl sites for hydroxylation is 1. The zero-order valence-corrected chi connectivity index (χ0v) is 17.4. The van der Waals surface area contributed by atoms with Crippen molar-refractivity contribution in [2.75, 3.05) is 12.4 Å². The van der Waals surface area contributed by atoms with E-state index in [1.54, 1.807) is 24.3 Å². The van der Waals surface area contributed by atoms with Gasteiger partial charge in [0, 0.05) is 30.0 Å². The Morgan fingerprint density at radius 1 is 1.13 bits per heavy atom. The number of carbonyl (C=O) groups is 3. The Hall–Kier alpha value is -3.20. The second kappa shape index (κ2) is 8.66. The molecule has 0 bridgehead atoms. The van der Waals surface area contributed by atoms with Crippen LogP contribution in [-0.2, 0) is 26.0 Å². The number of hydrogen-bond acceptors (Lipinski definition) is 6. The van der Waals surface area contributed by atoms with Crippen LogP contribution in [0.3, 0.4) is 0 Å². The van der Waals surface area contributed by atoms with Gasteiger partial charge in [0.05, 0.1) is 12.0 Å². The zero-order valence-electron chi connectivity index (χ0n) is 16.6. The second-order valence-electron chi connectivity index (χ2n) is 7.09. The van der Waals surface area contributed by atoms with E-state index >= 15 is 0 Å². The van der Waals surface area contributed by atoms with Gasteiger partial charge in [0.1, 0.15) is 5.75 Å². The van der Waals surface area contributed by atoms with Gasteiger partial charge in [-0.05, 0) is 54.4 Å². The molecule has 2 N–H and O–H groups in total. The van der Waals surface area contributed by atoms with Gasteiger partial charge in [0.25, 0.3) is 10.0 Å². The molecule has 2 aromatic carbocycles. The lowest BCUT2D eigenvalue weighted by Gasteiger charge is -2.18. The van der Waals surface area contributed by atoms with E-state index in [4.69, 9.17) is 4.74 Å². The first-order valence-corrected chi connectivity index (χ1v) is 10.8.